The second-order valence-electron chi connectivity index (χ2n) is 3.46. The maximum atomic E-state index is 11.5. The van der Waals surface area contributed by atoms with Gasteiger partial charge in [-0.3, -0.25) is 4.79 Å². The summed E-state index contributed by atoms with van der Waals surface area (Å²) in [5.74, 6) is -0.751. The molecule has 2 unspecified atom stereocenters. The second-order valence-corrected chi connectivity index (χ2v) is 3.46. The van der Waals surface area contributed by atoms with E-state index in [2.05, 4.69) is 5.32 Å². The zero-order valence-corrected chi connectivity index (χ0v) is 9.58. The predicted molar refractivity (Wildman–Crippen MR) is 57.1 cm³/mol. The van der Waals surface area contributed by atoms with E-state index in [0.29, 0.717) is 19.6 Å². The van der Waals surface area contributed by atoms with Crippen molar-refractivity contribution in [3.63, 3.8) is 0 Å². The molecule has 0 aliphatic heterocycles. The molecule has 0 radical (unpaired) electrons. The van der Waals surface area contributed by atoms with Gasteiger partial charge >= 0.3 is 5.97 Å². The fraction of sp³-hybridized carbons (Fsp3) is 0.800. The molecule has 5 heteroatoms. The van der Waals surface area contributed by atoms with Crippen LogP contribution in [0.4, 0.5) is 0 Å². The van der Waals surface area contributed by atoms with Gasteiger partial charge in [0.25, 0.3) is 0 Å². The van der Waals surface area contributed by atoms with E-state index in [1.807, 2.05) is 0 Å². The SMILES string of the molecule is CCOC(=O)C(C)NC(=O)C(C)CCN. The van der Waals surface area contributed by atoms with Crippen LogP contribution in [-0.4, -0.2) is 31.1 Å². The lowest BCUT2D eigenvalue weighted by molar-refractivity contribution is -0.147. The van der Waals surface area contributed by atoms with E-state index < -0.39 is 12.0 Å². The number of hydrogen-bond donors (Lipinski definition) is 2. The quantitative estimate of drug-likeness (QED) is 0.614. The molecule has 0 spiro atoms. The molecule has 0 aromatic rings. The Morgan fingerprint density at radius 3 is 2.47 bits per heavy atom. The topological polar surface area (TPSA) is 81.4 Å². The van der Waals surface area contributed by atoms with E-state index in [1.54, 1.807) is 20.8 Å². The molecule has 0 aliphatic rings. The standard InChI is InChI=1S/C10H20N2O3/c1-4-15-10(14)8(3)12-9(13)7(2)5-6-11/h7-8H,4-6,11H2,1-3H3,(H,12,13). The van der Waals surface area contributed by atoms with Gasteiger partial charge in [0.15, 0.2) is 0 Å². The van der Waals surface area contributed by atoms with Crippen LogP contribution in [0.3, 0.4) is 0 Å². The molecule has 88 valence electrons. The minimum atomic E-state index is -0.599. The number of nitrogens with one attached hydrogen (secondary N) is 1. The van der Waals surface area contributed by atoms with Crippen molar-refractivity contribution in [2.45, 2.75) is 33.2 Å². The van der Waals surface area contributed by atoms with Gasteiger partial charge in [0.2, 0.25) is 5.91 Å². The second kappa shape index (κ2) is 7.23. The van der Waals surface area contributed by atoms with Crippen LogP contribution in [0.5, 0.6) is 0 Å². The van der Waals surface area contributed by atoms with Crippen LogP contribution >= 0.6 is 0 Å². The number of rotatable bonds is 6. The Morgan fingerprint density at radius 2 is 2.00 bits per heavy atom. The zero-order chi connectivity index (χ0) is 11.8. The molecule has 0 aliphatic carbocycles. The van der Waals surface area contributed by atoms with Crippen molar-refractivity contribution in [2.75, 3.05) is 13.2 Å². The molecular formula is C10H20N2O3. The Kier molecular flexibility index (Phi) is 6.70. The van der Waals surface area contributed by atoms with Crippen molar-refractivity contribution in [3.05, 3.63) is 0 Å². The molecule has 0 saturated heterocycles. The lowest BCUT2D eigenvalue weighted by Crippen LogP contribution is -2.42. The van der Waals surface area contributed by atoms with E-state index in [9.17, 15) is 9.59 Å². The molecule has 2 atom stereocenters. The van der Waals surface area contributed by atoms with Crippen LogP contribution < -0.4 is 11.1 Å². The first-order chi connectivity index (χ1) is 7.02. The molecule has 0 aromatic heterocycles. The summed E-state index contributed by atoms with van der Waals surface area (Å²) >= 11 is 0. The highest BCUT2D eigenvalue weighted by Crippen LogP contribution is 2.00. The first-order valence-corrected chi connectivity index (χ1v) is 5.20. The van der Waals surface area contributed by atoms with Crippen molar-refractivity contribution >= 4 is 11.9 Å². The molecule has 0 rings (SSSR count). The van der Waals surface area contributed by atoms with Crippen LogP contribution in [0.2, 0.25) is 0 Å². The zero-order valence-electron chi connectivity index (χ0n) is 9.58. The van der Waals surface area contributed by atoms with Crippen molar-refractivity contribution in [2.24, 2.45) is 11.7 Å². The van der Waals surface area contributed by atoms with Crippen LogP contribution in [0.25, 0.3) is 0 Å². The van der Waals surface area contributed by atoms with Gasteiger partial charge in [-0.05, 0) is 26.8 Å². The Labute approximate surface area is 90.4 Å². The summed E-state index contributed by atoms with van der Waals surface area (Å²) in [7, 11) is 0. The molecule has 5 nitrogen and oxygen atoms in total. The third kappa shape index (κ3) is 5.37. The highest BCUT2D eigenvalue weighted by atomic mass is 16.5. The molecule has 0 heterocycles. The van der Waals surface area contributed by atoms with Gasteiger partial charge in [-0.15, -0.1) is 0 Å². The van der Waals surface area contributed by atoms with Crippen LogP contribution in [0, 0.1) is 5.92 Å². The molecule has 0 aromatic carbocycles. The van der Waals surface area contributed by atoms with Crippen molar-refractivity contribution < 1.29 is 14.3 Å². The molecule has 3 N–H and O–H groups in total. The fourth-order valence-corrected chi connectivity index (χ4v) is 1.06. The van der Waals surface area contributed by atoms with Gasteiger partial charge in [-0.25, -0.2) is 4.79 Å². The summed E-state index contributed by atoms with van der Waals surface area (Å²) in [5.41, 5.74) is 5.33. The lowest BCUT2D eigenvalue weighted by Gasteiger charge is -2.15. The summed E-state index contributed by atoms with van der Waals surface area (Å²) in [6.07, 6.45) is 0.612. The maximum Gasteiger partial charge on any atom is 0.328 e. The minimum absolute atomic E-state index is 0.166. The number of amides is 1. The molecule has 0 saturated carbocycles. The largest absolute Gasteiger partial charge is 0.464 e. The fourth-order valence-electron chi connectivity index (χ4n) is 1.06. The summed E-state index contributed by atoms with van der Waals surface area (Å²) in [6, 6.07) is -0.599. The monoisotopic (exact) mass is 216 g/mol. The number of carbonyl (C=O) groups excluding carboxylic acids is 2. The molecule has 0 bridgehead atoms. The Balaban J connectivity index is 4.00. The summed E-state index contributed by atoms with van der Waals surface area (Å²) in [6.45, 7) is 5.88. The van der Waals surface area contributed by atoms with E-state index in [-0.39, 0.29) is 11.8 Å². The van der Waals surface area contributed by atoms with Gasteiger partial charge in [-0.1, -0.05) is 6.92 Å². The predicted octanol–water partition coefficient (Wildman–Crippen LogP) is 0.0391. The van der Waals surface area contributed by atoms with Gasteiger partial charge < -0.3 is 15.8 Å². The summed E-state index contributed by atoms with van der Waals surface area (Å²) in [4.78, 5) is 22.7. The van der Waals surface area contributed by atoms with Crippen molar-refractivity contribution in [1.82, 2.24) is 5.32 Å². The number of ether oxygens (including phenoxy) is 1. The number of esters is 1. The van der Waals surface area contributed by atoms with E-state index >= 15 is 0 Å². The Bertz CT molecular complexity index is 219. The van der Waals surface area contributed by atoms with Crippen molar-refractivity contribution in [1.29, 1.82) is 0 Å². The third-order valence-electron chi connectivity index (χ3n) is 2.05. The van der Waals surface area contributed by atoms with Crippen LogP contribution in [0.1, 0.15) is 27.2 Å². The van der Waals surface area contributed by atoms with Gasteiger partial charge in [0.1, 0.15) is 6.04 Å². The normalized spacial score (nSPS) is 14.1. The molecule has 1 amide bonds. The third-order valence-corrected chi connectivity index (χ3v) is 2.05. The summed E-state index contributed by atoms with van der Waals surface area (Å²) in [5, 5.41) is 2.58. The number of hydrogen-bond acceptors (Lipinski definition) is 4. The molecule has 0 fully saturated rings. The maximum absolute atomic E-state index is 11.5. The Hall–Kier alpha value is -1.10. The Morgan fingerprint density at radius 1 is 1.40 bits per heavy atom. The molecule has 15 heavy (non-hydrogen) atoms. The first-order valence-electron chi connectivity index (χ1n) is 5.20. The van der Waals surface area contributed by atoms with Crippen LogP contribution in [-0.2, 0) is 14.3 Å². The first kappa shape index (κ1) is 13.9. The number of carbonyl (C=O) groups is 2. The smallest absolute Gasteiger partial charge is 0.328 e. The summed E-state index contributed by atoms with van der Waals surface area (Å²) < 4.78 is 4.77. The van der Waals surface area contributed by atoms with Gasteiger partial charge in [0, 0.05) is 5.92 Å². The van der Waals surface area contributed by atoms with Crippen LogP contribution in [0.15, 0.2) is 0 Å². The molecular weight excluding hydrogens is 196 g/mol. The van der Waals surface area contributed by atoms with E-state index in [1.165, 1.54) is 0 Å². The highest BCUT2D eigenvalue weighted by molar-refractivity contribution is 5.85. The van der Waals surface area contributed by atoms with Crippen molar-refractivity contribution in [3.8, 4) is 0 Å². The van der Waals surface area contributed by atoms with Gasteiger partial charge in [0.05, 0.1) is 6.61 Å². The highest BCUT2D eigenvalue weighted by Gasteiger charge is 2.19. The van der Waals surface area contributed by atoms with E-state index in [0.717, 1.165) is 0 Å². The van der Waals surface area contributed by atoms with Gasteiger partial charge in [-0.2, -0.15) is 0 Å². The average Bonchev–Trinajstić information content (AvgIpc) is 2.18. The lowest BCUT2D eigenvalue weighted by atomic mass is 10.1. The number of nitrogens with two attached hydrogens (primary N) is 1. The minimum Gasteiger partial charge on any atom is -0.464 e. The van der Waals surface area contributed by atoms with E-state index in [4.69, 9.17) is 10.5 Å². The average molecular weight is 216 g/mol.